The molecule has 9 nitrogen and oxygen atoms in total. The van der Waals surface area contributed by atoms with E-state index in [4.69, 9.17) is 4.74 Å². The molecule has 1 saturated heterocycles. The summed E-state index contributed by atoms with van der Waals surface area (Å²) in [7, 11) is 0. The van der Waals surface area contributed by atoms with Crippen LogP contribution in [0, 0.1) is 0 Å². The third-order valence-corrected chi connectivity index (χ3v) is 5.40. The molecule has 1 aliphatic heterocycles. The predicted octanol–water partition coefficient (Wildman–Crippen LogP) is -1.19. The maximum absolute atomic E-state index is 12.2. The Morgan fingerprint density at radius 2 is 2.11 bits per heavy atom. The molecule has 0 spiro atoms. The molecule has 0 bridgehead atoms. The van der Waals surface area contributed by atoms with Gasteiger partial charge < -0.3 is 29.4 Å². The van der Waals surface area contributed by atoms with Crippen LogP contribution in [0.1, 0.15) is 23.1 Å². The molecule has 2 N–H and O–H groups in total. The first-order chi connectivity index (χ1) is 13.6. The van der Waals surface area contributed by atoms with Gasteiger partial charge in [0.25, 0.3) is 0 Å². The number of carbonyl (C=O) groups is 2. The van der Waals surface area contributed by atoms with Gasteiger partial charge in [-0.2, -0.15) is 0 Å². The molecule has 0 atom stereocenters. The van der Waals surface area contributed by atoms with Gasteiger partial charge in [-0.15, -0.1) is 10.2 Å². The summed E-state index contributed by atoms with van der Waals surface area (Å²) < 4.78 is 7.41. The third-order valence-electron chi connectivity index (χ3n) is 4.43. The number of quaternary nitrogens is 1. The summed E-state index contributed by atoms with van der Waals surface area (Å²) in [6.07, 6.45) is 0. The van der Waals surface area contributed by atoms with Crippen molar-refractivity contribution in [2.24, 2.45) is 0 Å². The van der Waals surface area contributed by atoms with Gasteiger partial charge in [0.1, 0.15) is 19.6 Å². The number of benzene rings is 1. The van der Waals surface area contributed by atoms with Crippen LogP contribution >= 0.6 is 11.8 Å². The molecule has 28 heavy (non-hydrogen) atoms. The van der Waals surface area contributed by atoms with Crippen LogP contribution < -0.4 is 15.3 Å². The number of nitrogens with zero attached hydrogens (tertiary/aromatic N) is 3. The number of thioether (sulfide) groups is 1. The highest BCUT2D eigenvalue weighted by molar-refractivity contribution is 7.99. The Balaban J connectivity index is 1.57. The summed E-state index contributed by atoms with van der Waals surface area (Å²) in [5, 5.41) is 22.8. The molecule has 3 rings (SSSR count). The van der Waals surface area contributed by atoms with Crippen molar-refractivity contribution in [3.8, 4) is 0 Å². The van der Waals surface area contributed by atoms with E-state index in [1.54, 1.807) is 12.1 Å². The van der Waals surface area contributed by atoms with Crippen LogP contribution in [0.4, 0.5) is 5.69 Å². The van der Waals surface area contributed by atoms with Crippen molar-refractivity contribution in [3.63, 3.8) is 0 Å². The van der Waals surface area contributed by atoms with Crippen molar-refractivity contribution in [3.05, 3.63) is 35.7 Å². The maximum Gasteiger partial charge on any atom is 0.234 e. The molecule has 2 aromatic rings. The second-order valence-corrected chi connectivity index (χ2v) is 7.33. The number of amides is 1. The number of aromatic nitrogens is 3. The van der Waals surface area contributed by atoms with Gasteiger partial charge in [0.15, 0.2) is 11.0 Å². The van der Waals surface area contributed by atoms with Gasteiger partial charge >= 0.3 is 0 Å². The van der Waals surface area contributed by atoms with Gasteiger partial charge in [0.05, 0.1) is 24.9 Å². The summed E-state index contributed by atoms with van der Waals surface area (Å²) in [5.41, 5.74) is 0.437. The lowest BCUT2D eigenvalue weighted by Gasteiger charge is -2.23. The van der Waals surface area contributed by atoms with Gasteiger partial charge in [0.2, 0.25) is 5.91 Å². The van der Waals surface area contributed by atoms with Crippen molar-refractivity contribution in [1.82, 2.24) is 14.8 Å². The molecule has 0 unspecified atom stereocenters. The topological polar surface area (TPSA) is 114 Å². The van der Waals surface area contributed by atoms with Crippen LogP contribution in [0.3, 0.4) is 0 Å². The van der Waals surface area contributed by atoms with Crippen molar-refractivity contribution >= 4 is 29.3 Å². The van der Waals surface area contributed by atoms with Crippen molar-refractivity contribution < 1.29 is 24.3 Å². The lowest BCUT2D eigenvalue weighted by atomic mass is 10.2. The van der Waals surface area contributed by atoms with E-state index in [0.29, 0.717) is 10.8 Å². The minimum Gasteiger partial charge on any atom is -0.545 e. The minimum atomic E-state index is -1.28. The van der Waals surface area contributed by atoms with E-state index >= 15 is 0 Å². The molecule has 1 aliphatic rings. The zero-order chi connectivity index (χ0) is 19.9. The maximum atomic E-state index is 12.2. The highest BCUT2D eigenvalue weighted by Crippen LogP contribution is 2.18. The zero-order valence-corrected chi connectivity index (χ0v) is 16.5. The van der Waals surface area contributed by atoms with E-state index in [0.717, 1.165) is 45.2 Å². The van der Waals surface area contributed by atoms with Gasteiger partial charge in [-0.25, -0.2) is 0 Å². The molecule has 2 heterocycles. The monoisotopic (exact) mass is 405 g/mol. The molecule has 10 heteroatoms. The normalized spacial score (nSPS) is 14.8. The molecular weight excluding hydrogens is 382 g/mol. The summed E-state index contributed by atoms with van der Waals surface area (Å²) >= 11 is 1.31. The summed E-state index contributed by atoms with van der Waals surface area (Å²) in [6.45, 7) is 6.96. The number of anilines is 1. The minimum absolute atomic E-state index is 0.0198. The number of hydrogen-bond acceptors (Lipinski definition) is 7. The van der Waals surface area contributed by atoms with Crippen LogP contribution in [0.5, 0.6) is 0 Å². The van der Waals surface area contributed by atoms with Crippen molar-refractivity contribution in [1.29, 1.82) is 0 Å². The number of carbonyl (C=O) groups excluding carboxylic acids is 2. The molecule has 0 radical (unpaired) electrons. The van der Waals surface area contributed by atoms with E-state index < -0.39 is 5.97 Å². The molecule has 1 amide bonds. The number of morpholine rings is 1. The van der Waals surface area contributed by atoms with Crippen LogP contribution in [-0.4, -0.2) is 58.7 Å². The highest BCUT2D eigenvalue weighted by Gasteiger charge is 2.20. The standard InChI is InChI=1S/C18H23N5O4S/c1-2-23-15(11-22-6-8-27-9-7-22)20-21-18(23)28-12-16(24)19-14-5-3-4-13(10-14)17(25)26/h3-5,10H,2,6-9,11-12H2,1H3,(H,19,24)(H,25,26). The smallest absolute Gasteiger partial charge is 0.234 e. The Morgan fingerprint density at radius 1 is 1.32 bits per heavy atom. The largest absolute Gasteiger partial charge is 0.545 e. The molecule has 1 fully saturated rings. The number of ether oxygens (including phenoxy) is 1. The zero-order valence-electron chi connectivity index (χ0n) is 15.6. The summed E-state index contributed by atoms with van der Waals surface area (Å²) in [4.78, 5) is 24.5. The van der Waals surface area contributed by atoms with E-state index in [1.807, 2.05) is 11.5 Å². The first kappa shape index (κ1) is 20.3. The van der Waals surface area contributed by atoms with E-state index in [-0.39, 0.29) is 17.2 Å². The van der Waals surface area contributed by atoms with Gasteiger partial charge in [-0.05, 0) is 24.6 Å². The highest BCUT2D eigenvalue weighted by atomic mass is 32.2. The Kier molecular flexibility index (Phi) is 7.01. The van der Waals surface area contributed by atoms with E-state index in [2.05, 4.69) is 15.5 Å². The summed E-state index contributed by atoms with van der Waals surface area (Å²) in [5.74, 6) is -0.468. The first-order valence-electron chi connectivity index (χ1n) is 9.14. The van der Waals surface area contributed by atoms with Crippen molar-refractivity contribution in [2.45, 2.75) is 25.2 Å². The average Bonchev–Trinajstić information content (AvgIpc) is 3.08. The van der Waals surface area contributed by atoms with Gasteiger partial charge in [0, 0.05) is 12.2 Å². The fourth-order valence-electron chi connectivity index (χ4n) is 2.99. The van der Waals surface area contributed by atoms with Crippen molar-refractivity contribution in [2.75, 3.05) is 37.4 Å². The Labute approximate surface area is 167 Å². The predicted molar refractivity (Wildman–Crippen MR) is 101 cm³/mol. The molecule has 0 saturated carbocycles. The number of carboxylic acid groups (broad SMARTS) is 1. The molecule has 150 valence electrons. The average molecular weight is 405 g/mol. The molecule has 1 aromatic carbocycles. The first-order valence-corrected chi connectivity index (χ1v) is 10.1. The third kappa shape index (κ3) is 5.31. The van der Waals surface area contributed by atoms with Gasteiger partial charge in [-0.1, -0.05) is 23.9 Å². The van der Waals surface area contributed by atoms with E-state index in [9.17, 15) is 14.7 Å². The number of hydrogen-bond donors (Lipinski definition) is 2. The Hall–Kier alpha value is -2.43. The fraction of sp³-hybridized carbons (Fsp3) is 0.444. The Bertz CT molecular complexity index is 835. The second-order valence-electron chi connectivity index (χ2n) is 6.39. The van der Waals surface area contributed by atoms with Crippen LogP contribution in [0.25, 0.3) is 0 Å². The second kappa shape index (κ2) is 9.67. The molecule has 1 aromatic heterocycles. The number of nitrogens with one attached hydrogen (secondary N) is 2. The molecule has 0 aliphatic carbocycles. The summed E-state index contributed by atoms with van der Waals surface area (Å²) in [6, 6.07) is 5.98. The van der Waals surface area contributed by atoms with Crippen LogP contribution in [0.2, 0.25) is 0 Å². The number of carboxylic acids is 1. The van der Waals surface area contributed by atoms with Gasteiger partial charge in [-0.3, -0.25) is 4.79 Å². The van der Waals surface area contributed by atoms with Crippen LogP contribution in [0.15, 0.2) is 29.4 Å². The van der Waals surface area contributed by atoms with E-state index in [1.165, 1.54) is 28.8 Å². The molecular formula is C18H23N5O4S. The lowest BCUT2D eigenvalue weighted by molar-refractivity contribution is -0.922. The number of aromatic carboxylic acids is 1. The number of rotatable bonds is 8. The fourth-order valence-corrected chi connectivity index (χ4v) is 3.81. The Morgan fingerprint density at radius 3 is 2.82 bits per heavy atom. The lowest BCUT2D eigenvalue weighted by Crippen LogP contribution is -3.12. The van der Waals surface area contributed by atoms with Crippen LogP contribution in [-0.2, 0) is 22.6 Å². The SMILES string of the molecule is CCn1c(C[NH+]2CCOCC2)nnc1SCC(=O)Nc1cccc(C(=O)[O-])c1. The quantitative estimate of drug-likeness (QED) is 0.531.